The number of aliphatic imine (C=N–C) groups is 1. The highest BCUT2D eigenvalue weighted by molar-refractivity contribution is 7.92. The second kappa shape index (κ2) is 7.70. The molecule has 2 heterocycles. The van der Waals surface area contributed by atoms with E-state index in [1.807, 2.05) is 6.92 Å². The Hall–Kier alpha value is -1.76. The van der Waals surface area contributed by atoms with E-state index in [0.29, 0.717) is 25.7 Å². The molecule has 1 fully saturated rings. The van der Waals surface area contributed by atoms with Gasteiger partial charge in [0, 0.05) is 37.9 Å². The van der Waals surface area contributed by atoms with Crippen molar-refractivity contribution in [1.29, 1.82) is 0 Å². The predicted octanol–water partition coefficient (Wildman–Crippen LogP) is 1.91. The van der Waals surface area contributed by atoms with Crippen LogP contribution in [-0.2, 0) is 16.3 Å². The van der Waals surface area contributed by atoms with Crippen molar-refractivity contribution >= 4 is 21.5 Å². The minimum Gasteiger partial charge on any atom is -0.366 e. The van der Waals surface area contributed by atoms with Gasteiger partial charge in [-0.25, -0.2) is 8.42 Å². The topological polar surface area (TPSA) is 65.0 Å². The lowest BCUT2D eigenvalue weighted by Gasteiger charge is -2.39. The molecule has 0 amide bonds. The lowest BCUT2D eigenvalue weighted by Crippen LogP contribution is -2.57. The molecule has 0 aliphatic carbocycles. The zero-order valence-corrected chi connectivity index (χ0v) is 17.7. The zero-order chi connectivity index (χ0) is 19.7. The van der Waals surface area contributed by atoms with Gasteiger partial charge in [-0.05, 0) is 45.7 Å². The third kappa shape index (κ3) is 4.08. The molecule has 3 rings (SSSR count). The van der Waals surface area contributed by atoms with Crippen LogP contribution >= 0.6 is 0 Å². The molecule has 150 valence electrons. The summed E-state index contributed by atoms with van der Waals surface area (Å²) in [6.45, 7) is 11.2. The fourth-order valence-corrected chi connectivity index (χ4v) is 5.35. The molecule has 27 heavy (non-hydrogen) atoms. The van der Waals surface area contributed by atoms with E-state index in [1.54, 1.807) is 13.8 Å². The van der Waals surface area contributed by atoms with Crippen molar-refractivity contribution < 1.29 is 8.42 Å². The molecule has 0 bridgehead atoms. The van der Waals surface area contributed by atoms with Gasteiger partial charge in [-0.3, -0.25) is 4.99 Å². The Kier molecular flexibility index (Phi) is 5.70. The third-order valence-electron chi connectivity index (χ3n) is 5.63. The molecule has 1 atom stereocenters. The largest absolute Gasteiger partial charge is 0.366 e. The lowest BCUT2D eigenvalue weighted by molar-refractivity contribution is 0.353. The van der Waals surface area contributed by atoms with Crippen molar-refractivity contribution in [2.24, 2.45) is 4.99 Å². The smallest absolute Gasteiger partial charge is 0.194 e. The Bertz CT molecular complexity index is 804. The number of anilines is 1. The Balaban J connectivity index is 1.68. The maximum atomic E-state index is 12.3. The second-order valence-electron chi connectivity index (χ2n) is 8.11. The summed E-state index contributed by atoms with van der Waals surface area (Å²) in [5.41, 5.74) is 2.72. The monoisotopic (exact) mass is 392 g/mol. The molecule has 0 spiro atoms. The number of nitrogens with zero attached hydrogens (tertiary/aromatic N) is 3. The Labute approximate surface area is 163 Å². The highest BCUT2D eigenvalue weighted by Crippen LogP contribution is 2.31. The number of hydrogen-bond acceptors (Lipinski definition) is 4. The van der Waals surface area contributed by atoms with Crippen LogP contribution in [0.3, 0.4) is 0 Å². The van der Waals surface area contributed by atoms with E-state index in [4.69, 9.17) is 4.99 Å². The number of sulfone groups is 1. The van der Waals surface area contributed by atoms with E-state index in [2.05, 4.69) is 46.3 Å². The van der Waals surface area contributed by atoms with Gasteiger partial charge in [-0.2, -0.15) is 0 Å². The first-order valence-electron chi connectivity index (χ1n) is 9.85. The van der Waals surface area contributed by atoms with Crippen molar-refractivity contribution in [2.45, 2.75) is 44.9 Å². The number of rotatable bonds is 4. The number of nitrogens with one attached hydrogen (secondary N) is 1. The molecular formula is C20H32N4O2S. The molecule has 2 aliphatic heterocycles. The number of guanidine groups is 1. The highest BCUT2D eigenvalue weighted by Gasteiger charge is 2.41. The Morgan fingerprint density at radius 1 is 1.33 bits per heavy atom. The molecule has 0 aromatic heterocycles. The van der Waals surface area contributed by atoms with E-state index in [-0.39, 0.29) is 5.75 Å². The second-order valence-corrected chi connectivity index (χ2v) is 10.9. The van der Waals surface area contributed by atoms with Crippen LogP contribution in [0.5, 0.6) is 0 Å². The Morgan fingerprint density at radius 3 is 2.78 bits per heavy atom. The van der Waals surface area contributed by atoms with E-state index in [1.165, 1.54) is 11.3 Å². The zero-order valence-electron chi connectivity index (χ0n) is 16.9. The SMILES string of the molecule is CCNC(=NCCN1c2ccccc2CC1C)N1CCS(=O)(=O)C(C)(C)C1. The molecule has 7 heteroatoms. The molecule has 6 nitrogen and oxygen atoms in total. The number of para-hydroxylation sites is 1. The average molecular weight is 393 g/mol. The molecule has 1 aromatic rings. The maximum Gasteiger partial charge on any atom is 0.194 e. The summed E-state index contributed by atoms with van der Waals surface area (Å²) in [6.07, 6.45) is 1.08. The van der Waals surface area contributed by atoms with E-state index in [9.17, 15) is 8.42 Å². The first-order chi connectivity index (χ1) is 12.7. The normalized spacial score (nSPS) is 24.0. The summed E-state index contributed by atoms with van der Waals surface area (Å²) in [4.78, 5) is 9.33. The van der Waals surface area contributed by atoms with Crippen LogP contribution in [0.15, 0.2) is 29.3 Å². The van der Waals surface area contributed by atoms with E-state index >= 15 is 0 Å². The molecule has 0 saturated carbocycles. The molecule has 1 saturated heterocycles. The number of fused-ring (bicyclic) bond motifs is 1. The van der Waals surface area contributed by atoms with Gasteiger partial charge in [-0.1, -0.05) is 18.2 Å². The molecule has 0 radical (unpaired) electrons. The van der Waals surface area contributed by atoms with Crippen molar-refractivity contribution in [3.8, 4) is 0 Å². The first-order valence-corrected chi connectivity index (χ1v) is 11.5. The van der Waals surface area contributed by atoms with Gasteiger partial charge in [0.05, 0.1) is 17.0 Å². The van der Waals surface area contributed by atoms with Gasteiger partial charge in [-0.15, -0.1) is 0 Å². The van der Waals surface area contributed by atoms with Crippen LogP contribution < -0.4 is 10.2 Å². The predicted molar refractivity (Wildman–Crippen MR) is 112 cm³/mol. The molecular weight excluding hydrogens is 360 g/mol. The summed E-state index contributed by atoms with van der Waals surface area (Å²) < 4.78 is 23.8. The summed E-state index contributed by atoms with van der Waals surface area (Å²) in [5.74, 6) is 1.00. The molecule has 1 aromatic carbocycles. The molecule has 1 unspecified atom stereocenters. The minimum atomic E-state index is -3.05. The minimum absolute atomic E-state index is 0.181. The van der Waals surface area contributed by atoms with Gasteiger partial charge in [0.2, 0.25) is 0 Å². The first kappa shape index (κ1) is 20.0. The van der Waals surface area contributed by atoms with Crippen LogP contribution in [0.4, 0.5) is 5.69 Å². The fourth-order valence-electron chi connectivity index (χ4n) is 3.98. The van der Waals surface area contributed by atoms with Gasteiger partial charge in [0.15, 0.2) is 15.8 Å². The Morgan fingerprint density at radius 2 is 2.07 bits per heavy atom. The van der Waals surface area contributed by atoms with Crippen LogP contribution in [-0.4, -0.2) is 68.5 Å². The lowest BCUT2D eigenvalue weighted by atomic mass is 10.1. The molecule has 2 aliphatic rings. The summed E-state index contributed by atoms with van der Waals surface area (Å²) in [7, 11) is -3.05. The number of benzene rings is 1. The van der Waals surface area contributed by atoms with Gasteiger partial charge < -0.3 is 15.1 Å². The number of hydrogen-bond donors (Lipinski definition) is 1. The summed E-state index contributed by atoms with van der Waals surface area (Å²) in [5, 5.41) is 3.34. The van der Waals surface area contributed by atoms with Crippen LogP contribution in [0, 0.1) is 0 Å². The van der Waals surface area contributed by atoms with Crippen molar-refractivity contribution in [3.63, 3.8) is 0 Å². The van der Waals surface area contributed by atoms with Crippen LogP contribution in [0.25, 0.3) is 0 Å². The fraction of sp³-hybridized carbons (Fsp3) is 0.650. The van der Waals surface area contributed by atoms with Crippen molar-refractivity contribution in [3.05, 3.63) is 29.8 Å². The quantitative estimate of drug-likeness (QED) is 0.626. The third-order valence-corrected chi connectivity index (χ3v) is 8.16. The summed E-state index contributed by atoms with van der Waals surface area (Å²) in [6, 6.07) is 9.07. The van der Waals surface area contributed by atoms with Crippen molar-refractivity contribution in [1.82, 2.24) is 10.2 Å². The van der Waals surface area contributed by atoms with Crippen LogP contribution in [0.1, 0.15) is 33.3 Å². The van der Waals surface area contributed by atoms with Gasteiger partial charge in [0.25, 0.3) is 0 Å². The van der Waals surface area contributed by atoms with Crippen molar-refractivity contribution in [2.75, 3.05) is 43.4 Å². The molecule has 1 N–H and O–H groups in total. The standard InChI is InChI=1S/C20H32N4O2S/c1-5-21-19(23-12-13-27(25,26)20(3,4)15-23)22-10-11-24-16(2)14-17-8-6-7-9-18(17)24/h6-9,16H,5,10-15H2,1-4H3,(H,21,22). The van der Waals surface area contributed by atoms with Gasteiger partial charge >= 0.3 is 0 Å². The van der Waals surface area contributed by atoms with Gasteiger partial charge in [0.1, 0.15) is 0 Å². The van der Waals surface area contributed by atoms with Crippen LogP contribution in [0.2, 0.25) is 0 Å². The maximum absolute atomic E-state index is 12.3. The van der Waals surface area contributed by atoms with E-state index < -0.39 is 14.6 Å². The highest BCUT2D eigenvalue weighted by atomic mass is 32.2. The average Bonchev–Trinajstić information content (AvgIpc) is 2.92. The summed E-state index contributed by atoms with van der Waals surface area (Å²) >= 11 is 0. The van der Waals surface area contributed by atoms with E-state index in [0.717, 1.165) is 25.5 Å².